The van der Waals surface area contributed by atoms with E-state index in [2.05, 4.69) is 15.9 Å². The Kier molecular flexibility index (Phi) is 3.91. The largest absolute Gasteiger partial charge is 0.497 e. The van der Waals surface area contributed by atoms with E-state index < -0.39 is 10.4 Å². The average Bonchev–Trinajstić information content (AvgIpc) is 2.26. The summed E-state index contributed by atoms with van der Waals surface area (Å²) >= 11 is 2.22. The Bertz CT molecular complexity index is 348. The number of rotatable bonds is 4. The van der Waals surface area contributed by atoms with Crippen LogP contribution in [0.5, 0.6) is 5.75 Å². The van der Waals surface area contributed by atoms with Crippen LogP contribution in [0.1, 0.15) is 18.9 Å². The monoisotopic (exact) mass is 294 g/mol. The zero-order valence-corrected chi connectivity index (χ0v) is 10.6. The van der Waals surface area contributed by atoms with E-state index in [0.29, 0.717) is 5.75 Å². The molecule has 0 saturated carbocycles. The van der Waals surface area contributed by atoms with Crippen LogP contribution in [0.2, 0.25) is 0 Å². The van der Waals surface area contributed by atoms with E-state index in [1.165, 1.54) is 38.3 Å². The van der Waals surface area contributed by atoms with Crippen LogP contribution in [0.25, 0.3) is 0 Å². The molecule has 1 aromatic carbocycles. The Labute approximate surface area is 101 Å². The summed E-state index contributed by atoms with van der Waals surface area (Å²) in [6.45, 7) is 1.50. The first-order valence-electron chi connectivity index (χ1n) is 4.78. The SMILES string of the molecule is CCC(O)(c1ccc(OC)cc1)C(F)(F)Br. The lowest BCUT2D eigenvalue weighted by molar-refractivity contribution is -0.124. The van der Waals surface area contributed by atoms with E-state index in [-0.39, 0.29) is 12.0 Å². The molecule has 0 saturated heterocycles. The average molecular weight is 295 g/mol. The third-order valence-corrected chi connectivity index (χ3v) is 3.20. The number of aliphatic hydroxyl groups is 1. The molecule has 1 atom stereocenters. The van der Waals surface area contributed by atoms with Crippen LogP contribution in [0, 0.1) is 0 Å². The molecule has 0 aromatic heterocycles. The zero-order chi connectivity index (χ0) is 12.4. The van der Waals surface area contributed by atoms with Crippen molar-refractivity contribution in [2.75, 3.05) is 7.11 Å². The van der Waals surface area contributed by atoms with Crippen LogP contribution in [-0.2, 0) is 5.60 Å². The summed E-state index contributed by atoms with van der Waals surface area (Å²) in [7, 11) is 1.49. The molecule has 90 valence electrons. The molecule has 0 radical (unpaired) electrons. The van der Waals surface area contributed by atoms with Crippen molar-refractivity contribution >= 4 is 15.9 Å². The third kappa shape index (κ3) is 2.35. The molecule has 1 unspecified atom stereocenters. The minimum Gasteiger partial charge on any atom is -0.497 e. The molecule has 0 fully saturated rings. The predicted molar refractivity (Wildman–Crippen MR) is 61.1 cm³/mol. The topological polar surface area (TPSA) is 29.5 Å². The van der Waals surface area contributed by atoms with Crippen molar-refractivity contribution < 1.29 is 18.6 Å². The van der Waals surface area contributed by atoms with Gasteiger partial charge in [0.2, 0.25) is 0 Å². The number of hydrogen-bond donors (Lipinski definition) is 1. The smallest absolute Gasteiger partial charge is 0.333 e. The maximum absolute atomic E-state index is 13.3. The zero-order valence-electron chi connectivity index (χ0n) is 9.01. The lowest BCUT2D eigenvalue weighted by Gasteiger charge is -2.31. The number of alkyl halides is 3. The molecule has 1 N–H and O–H groups in total. The Morgan fingerprint density at radius 3 is 2.12 bits per heavy atom. The summed E-state index contributed by atoms with van der Waals surface area (Å²) in [6.07, 6.45) is -0.0996. The summed E-state index contributed by atoms with van der Waals surface area (Å²) in [5, 5.41) is 9.95. The normalized spacial score (nSPS) is 15.6. The van der Waals surface area contributed by atoms with Crippen molar-refractivity contribution in [3.63, 3.8) is 0 Å². The number of ether oxygens (including phenoxy) is 1. The fraction of sp³-hybridized carbons (Fsp3) is 0.455. The maximum Gasteiger partial charge on any atom is 0.333 e. The lowest BCUT2D eigenvalue weighted by Crippen LogP contribution is -2.40. The highest BCUT2D eigenvalue weighted by Crippen LogP contribution is 2.44. The molecule has 0 amide bonds. The van der Waals surface area contributed by atoms with E-state index in [4.69, 9.17) is 4.74 Å². The fourth-order valence-electron chi connectivity index (χ4n) is 1.43. The first kappa shape index (κ1) is 13.4. The van der Waals surface area contributed by atoms with Crippen molar-refractivity contribution in [3.8, 4) is 5.75 Å². The van der Waals surface area contributed by atoms with Crippen LogP contribution in [0.15, 0.2) is 24.3 Å². The van der Waals surface area contributed by atoms with Gasteiger partial charge in [-0.3, -0.25) is 0 Å². The third-order valence-electron chi connectivity index (χ3n) is 2.55. The van der Waals surface area contributed by atoms with Gasteiger partial charge in [0.1, 0.15) is 5.75 Å². The van der Waals surface area contributed by atoms with Crippen molar-refractivity contribution in [1.29, 1.82) is 0 Å². The van der Waals surface area contributed by atoms with E-state index in [1.54, 1.807) is 0 Å². The first-order chi connectivity index (χ1) is 7.35. The van der Waals surface area contributed by atoms with Gasteiger partial charge in [0.25, 0.3) is 0 Å². The number of methoxy groups -OCH3 is 1. The molecular formula is C11H13BrF2O2. The molecule has 5 heteroatoms. The maximum atomic E-state index is 13.3. The van der Waals surface area contributed by atoms with Crippen molar-refractivity contribution in [2.24, 2.45) is 0 Å². The standard InChI is InChI=1S/C11H13BrF2O2/c1-3-10(15,11(12,13)14)8-4-6-9(16-2)7-5-8/h4-7,15H,3H2,1-2H3. The van der Waals surface area contributed by atoms with Gasteiger partial charge < -0.3 is 9.84 Å². The molecule has 1 aromatic rings. The Balaban J connectivity index is 3.13. The molecule has 0 spiro atoms. The molecule has 0 aliphatic carbocycles. The Hall–Kier alpha value is -0.680. The fourth-order valence-corrected chi connectivity index (χ4v) is 1.94. The highest BCUT2D eigenvalue weighted by molar-refractivity contribution is 9.10. The van der Waals surface area contributed by atoms with Gasteiger partial charge in [0, 0.05) is 0 Å². The summed E-state index contributed by atoms with van der Waals surface area (Å²) in [4.78, 5) is -3.37. The quantitative estimate of drug-likeness (QED) is 0.864. The molecule has 0 heterocycles. The van der Waals surface area contributed by atoms with Crippen molar-refractivity contribution in [1.82, 2.24) is 0 Å². The van der Waals surface area contributed by atoms with E-state index >= 15 is 0 Å². The predicted octanol–water partition coefficient (Wildman–Crippen LogP) is 3.28. The second-order valence-corrected chi connectivity index (χ2v) is 4.44. The van der Waals surface area contributed by atoms with Gasteiger partial charge in [-0.05, 0) is 40.0 Å². The van der Waals surface area contributed by atoms with Crippen LogP contribution >= 0.6 is 15.9 Å². The van der Waals surface area contributed by atoms with Crippen molar-refractivity contribution in [2.45, 2.75) is 23.8 Å². The van der Waals surface area contributed by atoms with Gasteiger partial charge in [-0.2, -0.15) is 8.78 Å². The number of hydrogen-bond acceptors (Lipinski definition) is 2. The lowest BCUT2D eigenvalue weighted by atomic mass is 9.91. The van der Waals surface area contributed by atoms with Crippen molar-refractivity contribution in [3.05, 3.63) is 29.8 Å². The summed E-state index contributed by atoms with van der Waals surface area (Å²) in [6, 6.07) is 5.93. The number of benzene rings is 1. The van der Waals surface area contributed by atoms with Crippen LogP contribution < -0.4 is 4.74 Å². The van der Waals surface area contributed by atoms with E-state index in [0.717, 1.165) is 0 Å². The van der Waals surface area contributed by atoms with Gasteiger partial charge in [0.15, 0.2) is 5.60 Å². The molecule has 0 aliphatic rings. The minimum absolute atomic E-state index is 0.0996. The molecule has 0 aliphatic heterocycles. The van der Waals surface area contributed by atoms with Crippen LogP contribution in [0.3, 0.4) is 0 Å². The van der Waals surface area contributed by atoms with Gasteiger partial charge in [-0.1, -0.05) is 19.1 Å². The molecule has 16 heavy (non-hydrogen) atoms. The Morgan fingerprint density at radius 1 is 1.31 bits per heavy atom. The molecule has 1 rings (SSSR count). The summed E-state index contributed by atoms with van der Waals surface area (Å²) < 4.78 is 31.5. The summed E-state index contributed by atoms with van der Waals surface area (Å²) in [5.74, 6) is 0.556. The minimum atomic E-state index is -3.37. The van der Waals surface area contributed by atoms with Gasteiger partial charge in [-0.15, -0.1) is 0 Å². The van der Waals surface area contributed by atoms with E-state index in [1.807, 2.05) is 0 Å². The highest BCUT2D eigenvalue weighted by Gasteiger charge is 2.50. The van der Waals surface area contributed by atoms with Gasteiger partial charge >= 0.3 is 4.83 Å². The van der Waals surface area contributed by atoms with Crippen LogP contribution in [-0.4, -0.2) is 17.0 Å². The summed E-state index contributed by atoms with van der Waals surface area (Å²) in [5.41, 5.74) is -2.06. The van der Waals surface area contributed by atoms with Gasteiger partial charge in [-0.25, -0.2) is 0 Å². The molecule has 2 nitrogen and oxygen atoms in total. The molecular weight excluding hydrogens is 282 g/mol. The number of halogens is 3. The van der Waals surface area contributed by atoms with Gasteiger partial charge in [0.05, 0.1) is 7.11 Å². The van der Waals surface area contributed by atoms with Crippen LogP contribution in [0.4, 0.5) is 8.78 Å². The second kappa shape index (κ2) is 4.67. The Morgan fingerprint density at radius 2 is 1.81 bits per heavy atom. The highest BCUT2D eigenvalue weighted by atomic mass is 79.9. The van der Waals surface area contributed by atoms with E-state index in [9.17, 15) is 13.9 Å². The molecule has 0 bridgehead atoms. The second-order valence-electron chi connectivity index (χ2n) is 3.44. The first-order valence-corrected chi connectivity index (χ1v) is 5.58.